The highest BCUT2D eigenvalue weighted by atomic mass is 35.5. The lowest BCUT2D eigenvalue weighted by atomic mass is 10.2. The first-order chi connectivity index (χ1) is 8.27. The van der Waals surface area contributed by atoms with Crippen molar-refractivity contribution in [3.05, 3.63) is 29.6 Å². The molecule has 0 fully saturated rings. The van der Waals surface area contributed by atoms with Gasteiger partial charge in [-0.3, -0.25) is 4.79 Å². The zero-order valence-corrected chi connectivity index (χ0v) is 10.2. The molecule has 5 heteroatoms. The normalized spacial score (nSPS) is 9.65. The number of halogens is 1. The molecule has 0 aliphatic carbocycles. The van der Waals surface area contributed by atoms with Crippen molar-refractivity contribution in [3.63, 3.8) is 0 Å². The SMILES string of the molecule is N#Cc1ccc(C(=O)NCCCCCCl)nc1. The summed E-state index contributed by atoms with van der Waals surface area (Å²) in [5.41, 5.74) is 0.782. The summed E-state index contributed by atoms with van der Waals surface area (Å²) in [7, 11) is 0. The van der Waals surface area contributed by atoms with Gasteiger partial charge in [-0.1, -0.05) is 6.42 Å². The van der Waals surface area contributed by atoms with Gasteiger partial charge in [0, 0.05) is 18.6 Å². The van der Waals surface area contributed by atoms with E-state index in [0.717, 1.165) is 19.3 Å². The van der Waals surface area contributed by atoms with E-state index in [1.165, 1.54) is 6.20 Å². The van der Waals surface area contributed by atoms with Gasteiger partial charge in [-0.05, 0) is 25.0 Å². The molecule has 1 aromatic heterocycles. The number of carbonyl (C=O) groups is 1. The minimum Gasteiger partial charge on any atom is -0.351 e. The molecule has 0 aromatic carbocycles. The third-order valence-electron chi connectivity index (χ3n) is 2.22. The molecule has 4 nitrogen and oxygen atoms in total. The Kier molecular flexibility index (Phi) is 6.05. The summed E-state index contributed by atoms with van der Waals surface area (Å²) in [6.45, 7) is 0.622. The van der Waals surface area contributed by atoms with Gasteiger partial charge in [0.15, 0.2) is 0 Å². The molecule has 0 aliphatic heterocycles. The van der Waals surface area contributed by atoms with Crippen LogP contribution in [-0.4, -0.2) is 23.3 Å². The van der Waals surface area contributed by atoms with E-state index >= 15 is 0 Å². The van der Waals surface area contributed by atoms with Crippen LogP contribution in [0.5, 0.6) is 0 Å². The molecule has 0 radical (unpaired) electrons. The molecule has 0 saturated carbocycles. The van der Waals surface area contributed by atoms with E-state index in [1.807, 2.05) is 6.07 Å². The fourth-order valence-corrected chi connectivity index (χ4v) is 1.47. The fraction of sp³-hybridized carbons (Fsp3) is 0.417. The van der Waals surface area contributed by atoms with Gasteiger partial charge in [0.1, 0.15) is 11.8 Å². The second kappa shape index (κ2) is 7.64. The van der Waals surface area contributed by atoms with Crippen molar-refractivity contribution in [1.82, 2.24) is 10.3 Å². The second-order valence-corrected chi connectivity index (χ2v) is 3.93. The van der Waals surface area contributed by atoms with Crippen LogP contribution in [0.2, 0.25) is 0 Å². The van der Waals surface area contributed by atoms with E-state index in [1.54, 1.807) is 12.1 Å². The standard InChI is InChI=1S/C12H14ClN3O/c13-6-2-1-3-7-15-12(17)11-5-4-10(8-14)9-16-11/h4-5,9H,1-3,6-7H2,(H,15,17). The minimum absolute atomic E-state index is 0.208. The molecule has 17 heavy (non-hydrogen) atoms. The Morgan fingerprint density at radius 1 is 1.41 bits per heavy atom. The first kappa shape index (κ1) is 13.5. The number of hydrogen-bond donors (Lipinski definition) is 1. The van der Waals surface area contributed by atoms with Crippen LogP contribution in [0.1, 0.15) is 35.3 Å². The molecule has 1 aromatic rings. The molecule has 0 saturated heterocycles. The summed E-state index contributed by atoms with van der Waals surface area (Å²) in [6, 6.07) is 5.08. The quantitative estimate of drug-likeness (QED) is 0.622. The van der Waals surface area contributed by atoms with E-state index in [4.69, 9.17) is 16.9 Å². The highest BCUT2D eigenvalue weighted by molar-refractivity contribution is 6.17. The van der Waals surface area contributed by atoms with Crippen LogP contribution in [0.25, 0.3) is 0 Å². The first-order valence-corrected chi connectivity index (χ1v) is 6.01. The number of amides is 1. The van der Waals surface area contributed by atoms with Crippen LogP contribution in [0.3, 0.4) is 0 Å². The van der Waals surface area contributed by atoms with Crippen LogP contribution < -0.4 is 5.32 Å². The average molecular weight is 252 g/mol. The number of nitrogens with zero attached hydrogens (tertiary/aromatic N) is 2. The van der Waals surface area contributed by atoms with Crippen molar-refractivity contribution in [1.29, 1.82) is 5.26 Å². The largest absolute Gasteiger partial charge is 0.351 e. The number of unbranched alkanes of at least 4 members (excludes halogenated alkanes) is 2. The van der Waals surface area contributed by atoms with Crippen LogP contribution in [0.4, 0.5) is 0 Å². The molecule has 0 aliphatic rings. The van der Waals surface area contributed by atoms with Gasteiger partial charge in [0.25, 0.3) is 5.91 Å². The maximum atomic E-state index is 11.6. The summed E-state index contributed by atoms with van der Waals surface area (Å²) in [4.78, 5) is 15.5. The lowest BCUT2D eigenvalue weighted by Crippen LogP contribution is -2.25. The average Bonchev–Trinajstić information content (AvgIpc) is 2.38. The monoisotopic (exact) mass is 251 g/mol. The van der Waals surface area contributed by atoms with Crippen molar-refractivity contribution >= 4 is 17.5 Å². The van der Waals surface area contributed by atoms with E-state index in [0.29, 0.717) is 23.7 Å². The zero-order chi connectivity index (χ0) is 12.5. The van der Waals surface area contributed by atoms with E-state index < -0.39 is 0 Å². The zero-order valence-electron chi connectivity index (χ0n) is 9.45. The van der Waals surface area contributed by atoms with Crippen molar-refractivity contribution in [2.24, 2.45) is 0 Å². The smallest absolute Gasteiger partial charge is 0.269 e. The van der Waals surface area contributed by atoms with Gasteiger partial charge in [-0.15, -0.1) is 11.6 Å². The molecule has 0 atom stereocenters. The van der Waals surface area contributed by atoms with E-state index in [2.05, 4.69) is 10.3 Å². The molecular formula is C12H14ClN3O. The van der Waals surface area contributed by atoms with E-state index in [-0.39, 0.29) is 5.91 Å². The van der Waals surface area contributed by atoms with Crippen LogP contribution in [0.15, 0.2) is 18.3 Å². The Balaban J connectivity index is 2.34. The van der Waals surface area contributed by atoms with Gasteiger partial charge in [0.05, 0.1) is 5.56 Å². The van der Waals surface area contributed by atoms with Crippen molar-refractivity contribution < 1.29 is 4.79 Å². The summed E-state index contributed by atoms with van der Waals surface area (Å²) in [6.07, 6.45) is 4.27. The van der Waals surface area contributed by atoms with Crippen LogP contribution in [0, 0.1) is 11.3 Å². The number of carbonyl (C=O) groups excluding carboxylic acids is 1. The first-order valence-electron chi connectivity index (χ1n) is 5.48. The number of nitriles is 1. The van der Waals surface area contributed by atoms with Crippen LogP contribution in [-0.2, 0) is 0 Å². The molecule has 1 heterocycles. The van der Waals surface area contributed by atoms with Gasteiger partial charge in [-0.2, -0.15) is 5.26 Å². The molecule has 0 unspecified atom stereocenters. The lowest BCUT2D eigenvalue weighted by molar-refractivity contribution is 0.0948. The highest BCUT2D eigenvalue weighted by Crippen LogP contribution is 1.99. The van der Waals surface area contributed by atoms with Crippen molar-refractivity contribution in [2.45, 2.75) is 19.3 Å². The molecule has 1 rings (SSSR count). The van der Waals surface area contributed by atoms with Crippen molar-refractivity contribution in [2.75, 3.05) is 12.4 Å². The predicted octanol–water partition coefficient (Wildman–Crippen LogP) is 2.09. The molecular weight excluding hydrogens is 238 g/mol. The van der Waals surface area contributed by atoms with Gasteiger partial charge >= 0.3 is 0 Å². The van der Waals surface area contributed by atoms with Gasteiger partial charge < -0.3 is 5.32 Å². The van der Waals surface area contributed by atoms with Gasteiger partial charge in [-0.25, -0.2) is 4.98 Å². The summed E-state index contributed by atoms with van der Waals surface area (Å²) in [5.74, 6) is 0.450. The van der Waals surface area contributed by atoms with E-state index in [9.17, 15) is 4.79 Å². The summed E-state index contributed by atoms with van der Waals surface area (Å²) in [5, 5.41) is 11.4. The molecule has 1 N–H and O–H groups in total. The number of pyridine rings is 1. The number of alkyl halides is 1. The van der Waals surface area contributed by atoms with Gasteiger partial charge in [0.2, 0.25) is 0 Å². The lowest BCUT2D eigenvalue weighted by Gasteiger charge is -2.03. The molecule has 90 valence electrons. The molecule has 0 spiro atoms. The maximum Gasteiger partial charge on any atom is 0.269 e. The Morgan fingerprint density at radius 2 is 2.24 bits per heavy atom. The fourth-order valence-electron chi connectivity index (χ4n) is 1.28. The number of nitrogens with one attached hydrogen (secondary N) is 1. The Bertz CT molecular complexity index is 397. The van der Waals surface area contributed by atoms with Crippen molar-refractivity contribution in [3.8, 4) is 6.07 Å². The Labute approximate surface area is 106 Å². The highest BCUT2D eigenvalue weighted by Gasteiger charge is 2.05. The molecule has 0 bridgehead atoms. The number of rotatable bonds is 6. The third-order valence-corrected chi connectivity index (χ3v) is 2.49. The van der Waals surface area contributed by atoms with Crippen LogP contribution >= 0.6 is 11.6 Å². The Hall–Kier alpha value is -1.60. The summed E-state index contributed by atoms with van der Waals surface area (Å²) >= 11 is 5.54. The topological polar surface area (TPSA) is 65.8 Å². The Morgan fingerprint density at radius 3 is 2.82 bits per heavy atom. The maximum absolute atomic E-state index is 11.6. The number of aromatic nitrogens is 1. The third kappa shape index (κ3) is 4.83. The predicted molar refractivity (Wildman–Crippen MR) is 65.9 cm³/mol. The molecule has 1 amide bonds. The second-order valence-electron chi connectivity index (χ2n) is 3.55. The number of hydrogen-bond acceptors (Lipinski definition) is 3. The summed E-state index contributed by atoms with van der Waals surface area (Å²) < 4.78 is 0. The minimum atomic E-state index is -0.208.